The number of hydrogen-bond donors (Lipinski definition) is 2. The number of phenols is 1. The van der Waals surface area contributed by atoms with Gasteiger partial charge in [-0.2, -0.15) is 0 Å². The molecule has 0 bridgehead atoms. The Hall–Kier alpha value is -2.33. The van der Waals surface area contributed by atoms with Crippen molar-refractivity contribution in [3.63, 3.8) is 0 Å². The molecule has 122 valence electrons. The number of methoxy groups -OCH3 is 1. The number of carbonyl (C=O) groups is 1. The van der Waals surface area contributed by atoms with Crippen molar-refractivity contribution in [2.45, 2.75) is 26.3 Å². The van der Waals surface area contributed by atoms with Crippen LogP contribution < -0.4 is 5.32 Å². The van der Waals surface area contributed by atoms with Crippen LogP contribution in [0.5, 0.6) is 5.75 Å². The minimum atomic E-state index is -0.136. The molecule has 0 saturated carbocycles. The third-order valence-corrected chi connectivity index (χ3v) is 3.78. The van der Waals surface area contributed by atoms with E-state index in [0.29, 0.717) is 12.2 Å². The monoisotopic (exact) mass is 313 g/mol. The Kier molecular flexibility index (Phi) is 5.77. The largest absolute Gasteiger partial charge is 0.507 e. The van der Waals surface area contributed by atoms with Gasteiger partial charge in [-0.15, -0.1) is 0 Å². The van der Waals surface area contributed by atoms with Gasteiger partial charge in [0.15, 0.2) is 0 Å². The zero-order valence-corrected chi connectivity index (χ0v) is 13.8. The number of rotatable bonds is 6. The zero-order valence-electron chi connectivity index (χ0n) is 13.8. The highest BCUT2D eigenvalue weighted by molar-refractivity contribution is 5.95. The first-order valence-corrected chi connectivity index (χ1v) is 7.75. The third kappa shape index (κ3) is 4.33. The van der Waals surface area contributed by atoms with Crippen LogP contribution in [0.25, 0.3) is 11.1 Å². The van der Waals surface area contributed by atoms with E-state index in [0.717, 1.165) is 23.1 Å². The molecule has 0 saturated heterocycles. The maximum atomic E-state index is 12.4. The minimum Gasteiger partial charge on any atom is -0.507 e. The van der Waals surface area contributed by atoms with Gasteiger partial charge in [0.25, 0.3) is 5.91 Å². The van der Waals surface area contributed by atoms with Crippen LogP contribution in [0.3, 0.4) is 0 Å². The highest BCUT2D eigenvalue weighted by Crippen LogP contribution is 2.30. The van der Waals surface area contributed by atoms with Crippen molar-refractivity contribution in [2.75, 3.05) is 13.7 Å². The van der Waals surface area contributed by atoms with Gasteiger partial charge in [-0.3, -0.25) is 4.79 Å². The predicted octanol–water partition coefficient (Wildman–Crippen LogP) is 3.52. The summed E-state index contributed by atoms with van der Waals surface area (Å²) in [6.07, 6.45) is 0.804. The predicted molar refractivity (Wildman–Crippen MR) is 91.7 cm³/mol. The molecule has 0 radical (unpaired) electrons. The standard InChI is InChI=1S/C19H23NO3/c1-4-16(12-23-3)20-19(22)15-7-5-6-14(11-15)17-10-13(2)8-9-18(17)21/h5-11,16,21H,4,12H2,1-3H3,(H,20,22)/t16-/m1/s1. The molecule has 2 aromatic rings. The summed E-state index contributed by atoms with van der Waals surface area (Å²) in [4.78, 5) is 12.4. The average Bonchev–Trinajstić information content (AvgIpc) is 2.56. The third-order valence-electron chi connectivity index (χ3n) is 3.78. The van der Waals surface area contributed by atoms with Crippen LogP contribution in [-0.4, -0.2) is 30.8 Å². The molecule has 1 atom stereocenters. The van der Waals surface area contributed by atoms with Crippen LogP contribution in [0.1, 0.15) is 29.3 Å². The molecule has 1 amide bonds. The lowest BCUT2D eigenvalue weighted by atomic mass is 10.00. The first-order valence-electron chi connectivity index (χ1n) is 7.75. The number of aromatic hydroxyl groups is 1. The number of nitrogens with one attached hydrogen (secondary N) is 1. The van der Waals surface area contributed by atoms with E-state index in [1.165, 1.54) is 0 Å². The molecule has 23 heavy (non-hydrogen) atoms. The molecular formula is C19H23NO3. The van der Waals surface area contributed by atoms with Crippen molar-refractivity contribution in [1.29, 1.82) is 0 Å². The SMILES string of the molecule is CC[C@H](COC)NC(=O)c1cccc(-c2cc(C)ccc2O)c1. The number of phenolic OH excluding ortho intramolecular Hbond substituents is 1. The lowest BCUT2D eigenvalue weighted by Crippen LogP contribution is -2.37. The van der Waals surface area contributed by atoms with Crippen LogP contribution in [0, 0.1) is 6.92 Å². The Morgan fingerprint density at radius 3 is 2.74 bits per heavy atom. The number of hydrogen-bond acceptors (Lipinski definition) is 3. The summed E-state index contributed by atoms with van der Waals surface area (Å²) >= 11 is 0. The van der Waals surface area contributed by atoms with Crippen LogP contribution in [-0.2, 0) is 4.74 Å². The highest BCUT2D eigenvalue weighted by Gasteiger charge is 2.13. The minimum absolute atomic E-state index is 0.0106. The molecule has 2 rings (SSSR count). The van der Waals surface area contributed by atoms with Crippen molar-refractivity contribution < 1.29 is 14.6 Å². The van der Waals surface area contributed by atoms with Crippen LogP contribution in [0.15, 0.2) is 42.5 Å². The fraction of sp³-hybridized carbons (Fsp3) is 0.316. The summed E-state index contributed by atoms with van der Waals surface area (Å²) in [7, 11) is 1.62. The molecule has 4 nitrogen and oxygen atoms in total. The quantitative estimate of drug-likeness (QED) is 0.858. The molecule has 0 aromatic heterocycles. The van der Waals surface area contributed by atoms with Gasteiger partial charge in [-0.05, 0) is 43.2 Å². The van der Waals surface area contributed by atoms with Gasteiger partial charge < -0.3 is 15.2 Å². The number of carbonyl (C=O) groups excluding carboxylic acids is 1. The number of amides is 1. The van der Waals surface area contributed by atoms with Gasteiger partial charge in [0, 0.05) is 18.2 Å². The molecule has 0 fully saturated rings. The molecule has 0 aliphatic carbocycles. The van der Waals surface area contributed by atoms with Gasteiger partial charge >= 0.3 is 0 Å². The van der Waals surface area contributed by atoms with Gasteiger partial charge in [0.2, 0.25) is 0 Å². The first-order chi connectivity index (χ1) is 11.0. The maximum Gasteiger partial charge on any atom is 0.251 e. The molecule has 2 aromatic carbocycles. The van der Waals surface area contributed by atoms with Gasteiger partial charge in [0.05, 0.1) is 12.6 Å². The summed E-state index contributed by atoms with van der Waals surface area (Å²) < 4.78 is 5.11. The summed E-state index contributed by atoms with van der Waals surface area (Å²) in [5, 5.41) is 13.0. The van der Waals surface area contributed by atoms with Crippen LogP contribution in [0.2, 0.25) is 0 Å². The Labute approximate surface area is 137 Å². The topological polar surface area (TPSA) is 58.6 Å². The first kappa shape index (κ1) is 17.0. The molecule has 4 heteroatoms. The summed E-state index contributed by atoms with van der Waals surface area (Å²) in [5.41, 5.74) is 3.17. The Bertz CT molecular complexity index is 682. The van der Waals surface area contributed by atoms with E-state index in [1.807, 2.05) is 38.1 Å². The van der Waals surface area contributed by atoms with Gasteiger partial charge in [-0.25, -0.2) is 0 Å². The molecule has 0 aliphatic rings. The summed E-state index contributed by atoms with van der Waals surface area (Å²) in [6, 6.07) is 12.7. The van der Waals surface area contributed by atoms with Crippen molar-refractivity contribution in [1.82, 2.24) is 5.32 Å². The Morgan fingerprint density at radius 1 is 1.26 bits per heavy atom. The fourth-order valence-electron chi connectivity index (χ4n) is 2.44. The van der Waals surface area contributed by atoms with E-state index in [4.69, 9.17) is 4.74 Å². The number of aryl methyl sites for hydroxylation is 1. The summed E-state index contributed by atoms with van der Waals surface area (Å²) in [6.45, 7) is 4.46. The van der Waals surface area contributed by atoms with Crippen molar-refractivity contribution in [3.8, 4) is 16.9 Å². The zero-order chi connectivity index (χ0) is 16.8. The Morgan fingerprint density at radius 2 is 2.04 bits per heavy atom. The smallest absolute Gasteiger partial charge is 0.251 e. The Balaban J connectivity index is 2.26. The highest BCUT2D eigenvalue weighted by atomic mass is 16.5. The van der Waals surface area contributed by atoms with E-state index < -0.39 is 0 Å². The van der Waals surface area contributed by atoms with E-state index in [-0.39, 0.29) is 17.7 Å². The lowest BCUT2D eigenvalue weighted by Gasteiger charge is -2.16. The van der Waals surface area contributed by atoms with Gasteiger partial charge in [-0.1, -0.05) is 30.7 Å². The summed E-state index contributed by atoms with van der Waals surface area (Å²) in [5.74, 6) is 0.0712. The van der Waals surface area contributed by atoms with E-state index >= 15 is 0 Å². The molecule has 0 aliphatic heterocycles. The second-order valence-corrected chi connectivity index (χ2v) is 5.64. The fourth-order valence-corrected chi connectivity index (χ4v) is 2.44. The average molecular weight is 313 g/mol. The van der Waals surface area contributed by atoms with E-state index in [9.17, 15) is 9.90 Å². The lowest BCUT2D eigenvalue weighted by molar-refractivity contribution is 0.0894. The van der Waals surface area contributed by atoms with Crippen molar-refractivity contribution in [2.24, 2.45) is 0 Å². The second-order valence-electron chi connectivity index (χ2n) is 5.64. The van der Waals surface area contributed by atoms with E-state index in [1.54, 1.807) is 25.3 Å². The van der Waals surface area contributed by atoms with Crippen LogP contribution in [0.4, 0.5) is 0 Å². The normalized spacial score (nSPS) is 12.0. The van der Waals surface area contributed by atoms with Crippen LogP contribution >= 0.6 is 0 Å². The molecule has 0 heterocycles. The molecule has 0 spiro atoms. The molecule has 2 N–H and O–H groups in total. The number of benzene rings is 2. The second kappa shape index (κ2) is 7.79. The number of ether oxygens (including phenoxy) is 1. The van der Waals surface area contributed by atoms with E-state index in [2.05, 4.69) is 5.32 Å². The van der Waals surface area contributed by atoms with Crippen molar-refractivity contribution >= 4 is 5.91 Å². The molecular weight excluding hydrogens is 290 g/mol. The van der Waals surface area contributed by atoms with Gasteiger partial charge in [0.1, 0.15) is 5.75 Å². The van der Waals surface area contributed by atoms with Crippen molar-refractivity contribution in [3.05, 3.63) is 53.6 Å². The maximum absolute atomic E-state index is 12.4. The molecule has 0 unspecified atom stereocenters.